The van der Waals surface area contributed by atoms with Crippen molar-refractivity contribution in [2.75, 3.05) is 17.2 Å². The van der Waals surface area contributed by atoms with Crippen molar-refractivity contribution in [3.05, 3.63) is 65.2 Å². The Bertz CT molecular complexity index is 1020. The van der Waals surface area contributed by atoms with Crippen LogP contribution in [0, 0.1) is 0 Å². The Hall–Kier alpha value is -3.00. The number of H-pyrrole nitrogens is 1. The molecule has 0 unspecified atom stereocenters. The van der Waals surface area contributed by atoms with Gasteiger partial charge in [-0.3, -0.25) is 10.1 Å². The van der Waals surface area contributed by atoms with Gasteiger partial charge >= 0.3 is 0 Å². The number of hydrogen-bond acceptors (Lipinski definition) is 6. The Morgan fingerprint density at radius 2 is 2.00 bits per heavy atom. The van der Waals surface area contributed by atoms with Gasteiger partial charge in [0.2, 0.25) is 5.95 Å². The van der Waals surface area contributed by atoms with E-state index in [1.54, 1.807) is 18.6 Å². The van der Waals surface area contributed by atoms with Crippen LogP contribution in [0.1, 0.15) is 5.69 Å². The lowest BCUT2D eigenvalue weighted by Crippen LogP contribution is -2.09. The lowest BCUT2D eigenvalue weighted by Gasteiger charge is -2.10. The third kappa shape index (κ3) is 3.65. The van der Waals surface area contributed by atoms with Crippen molar-refractivity contribution in [3.8, 4) is 0 Å². The largest absolute Gasteiger partial charge is 0.369 e. The quantitative estimate of drug-likeness (QED) is 0.447. The number of fused-ring (bicyclic) bond motifs is 1. The first-order valence-electron chi connectivity index (χ1n) is 8.15. The number of aromatic amines is 1. The molecule has 0 spiro atoms. The Balaban J connectivity index is 1.48. The maximum Gasteiger partial charge on any atom is 0.229 e. The maximum absolute atomic E-state index is 4.56. The highest BCUT2D eigenvalue weighted by atomic mass is 79.9. The Labute approximate surface area is 158 Å². The van der Waals surface area contributed by atoms with Crippen molar-refractivity contribution >= 4 is 44.3 Å². The van der Waals surface area contributed by atoms with Gasteiger partial charge in [-0.15, -0.1) is 0 Å². The number of aromatic nitrogens is 5. The Kier molecular flexibility index (Phi) is 4.74. The number of anilines is 3. The number of rotatable bonds is 6. The van der Waals surface area contributed by atoms with Gasteiger partial charge in [0, 0.05) is 36.4 Å². The van der Waals surface area contributed by atoms with Gasteiger partial charge in [0.25, 0.3) is 0 Å². The normalized spacial score (nSPS) is 10.8. The Morgan fingerprint density at radius 3 is 2.88 bits per heavy atom. The first-order valence-corrected chi connectivity index (χ1v) is 8.94. The molecule has 3 aromatic heterocycles. The minimum atomic E-state index is 0.516. The van der Waals surface area contributed by atoms with Crippen molar-refractivity contribution in [3.63, 3.8) is 0 Å². The van der Waals surface area contributed by atoms with Crippen molar-refractivity contribution in [2.24, 2.45) is 0 Å². The average Bonchev–Trinajstić information content (AvgIpc) is 3.15. The highest BCUT2D eigenvalue weighted by Crippen LogP contribution is 2.25. The van der Waals surface area contributed by atoms with Crippen LogP contribution in [0.4, 0.5) is 17.5 Å². The first-order chi connectivity index (χ1) is 12.8. The van der Waals surface area contributed by atoms with Crippen LogP contribution in [0.5, 0.6) is 0 Å². The van der Waals surface area contributed by atoms with Gasteiger partial charge in [-0.25, -0.2) is 4.98 Å². The summed E-state index contributed by atoms with van der Waals surface area (Å²) in [5, 5.41) is 14.6. The molecule has 0 aliphatic carbocycles. The molecule has 3 N–H and O–H groups in total. The number of pyridine rings is 1. The number of hydrogen-bond donors (Lipinski definition) is 3. The second-order valence-corrected chi connectivity index (χ2v) is 6.50. The SMILES string of the molecule is Brc1cnc(Nc2cccc3[nH]ncc23)nc1NCCc1ccccn1. The van der Waals surface area contributed by atoms with Gasteiger partial charge in [0.1, 0.15) is 5.82 Å². The monoisotopic (exact) mass is 409 g/mol. The molecule has 0 saturated heterocycles. The van der Waals surface area contributed by atoms with Crippen LogP contribution >= 0.6 is 15.9 Å². The third-order valence-electron chi connectivity index (χ3n) is 3.88. The molecule has 0 bridgehead atoms. The van der Waals surface area contributed by atoms with Crippen LogP contribution in [-0.2, 0) is 6.42 Å². The molecule has 0 saturated carbocycles. The molecule has 0 aliphatic rings. The minimum Gasteiger partial charge on any atom is -0.369 e. The molecular formula is C18H16BrN7. The van der Waals surface area contributed by atoms with Gasteiger partial charge in [-0.1, -0.05) is 12.1 Å². The van der Waals surface area contributed by atoms with Crippen molar-refractivity contribution < 1.29 is 0 Å². The Morgan fingerprint density at radius 1 is 1.04 bits per heavy atom. The second kappa shape index (κ2) is 7.49. The second-order valence-electron chi connectivity index (χ2n) is 5.65. The summed E-state index contributed by atoms with van der Waals surface area (Å²) < 4.78 is 0.811. The smallest absolute Gasteiger partial charge is 0.229 e. The molecule has 0 atom stereocenters. The number of nitrogens with zero attached hydrogens (tertiary/aromatic N) is 4. The molecule has 26 heavy (non-hydrogen) atoms. The molecule has 4 rings (SSSR count). The summed E-state index contributed by atoms with van der Waals surface area (Å²) in [5.74, 6) is 1.25. The van der Waals surface area contributed by atoms with E-state index < -0.39 is 0 Å². The van der Waals surface area contributed by atoms with Crippen LogP contribution in [0.3, 0.4) is 0 Å². The van der Waals surface area contributed by atoms with Crippen molar-refractivity contribution in [1.82, 2.24) is 25.1 Å². The highest BCUT2D eigenvalue weighted by molar-refractivity contribution is 9.10. The molecule has 3 heterocycles. The number of benzene rings is 1. The first kappa shape index (κ1) is 16.5. The summed E-state index contributed by atoms with van der Waals surface area (Å²) in [6.45, 7) is 0.726. The molecule has 7 nitrogen and oxygen atoms in total. The van der Waals surface area contributed by atoms with Gasteiger partial charge in [0.15, 0.2) is 0 Å². The lowest BCUT2D eigenvalue weighted by atomic mass is 10.2. The standard InChI is InChI=1S/C18H16BrN7/c19-14-11-22-18(24-15-5-3-6-16-13(15)10-23-26-16)25-17(14)21-9-7-12-4-1-2-8-20-12/h1-6,8,10-11H,7,9H2,(H,23,26)(H2,21,22,24,25). The third-order valence-corrected chi connectivity index (χ3v) is 4.46. The summed E-state index contributed by atoms with van der Waals surface area (Å²) >= 11 is 3.49. The summed E-state index contributed by atoms with van der Waals surface area (Å²) in [5.41, 5.74) is 2.90. The fourth-order valence-corrected chi connectivity index (χ4v) is 2.94. The predicted octanol–water partition coefficient (Wildman–Crippen LogP) is 3.91. The van der Waals surface area contributed by atoms with E-state index in [1.807, 2.05) is 36.4 Å². The van der Waals surface area contributed by atoms with Crippen molar-refractivity contribution in [1.29, 1.82) is 0 Å². The molecule has 0 fully saturated rings. The summed E-state index contributed by atoms with van der Waals surface area (Å²) in [6, 6.07) is 11.8. The van der Waals surface area contributed by atoms with E-state index in [2.05, 4.69) is 51.7 Å². The highest BCUT2D eigenvalue weighted by Gasteiger charge is 2.08. The molecular weight excluding hydrogens is 394 g/mol. The van der Waals surface area contributed by atoms with Gasteiger partial charge in [0.05, 0.1) is 21.9 Å². The maximum atomic E-state index is 4.56. The zero-order valence-corrected chi connectivity index (χ0v) is 15.4. The van der Waals surface area contributed by atoms with Crippen LogP contribution in [0.15, 0.2) is 59.5 Å². The van der Waals surface area contributed by atoms with E-state index in [-0.39, 0.29) is 0 Å². The predicted molar refractivity (Wildman–Crippen MR) is 106 cm³/mol. The van der Waals surface area contributed by atoms with Crippen LogP contribution in [-0.4, -0.2) is 31.7 Å². The van der Waals surface area contributed by atoms with Gasteiger partial charge in [-0.05, 0) is 40.2 Å². The van der Waals surface area contributed by atoms with Crippen LogP contribution < -0.4 is 10.6 Å². The summed E-state index contributed by atoms with van der Waals surface area (Å²) in [6.07, 6.45) is 6.12. The van der Waals surface area contributed by atoms with Gasteiger partial charge < -0.3 is 10.6 Å². The number of halogens is 1. The van der Waals surface area contributed by atoms with E-state index in [1.165, 1.54) is 0 Å². The summed E-state index contributed by atoms with van der Waals surface area (Å²) in [7, 11) is 0. The minimum absolute atomic E-state index is 0.516. The lowest BCUT2D eigenvalue weighted by molar-refractivity contribution is 0.950. The van der Waals surface area contributed by atoms with E-state index in [0.29, 0.717) is 5.95 Å². The fourth-order valence-electron chi connectivity index (χ4n) is 2.60. The molecule has 1 aromatic carbocycles. The molecule has 8 heteroatoms. The zero-order valence-electron chi connectivity index (χ0n) is 13.8. The number of nitrogens with one attached hydrogen (secondary N) is 3. The van der Waals surface area contributed by atoms with Crippen LogP contribution in [0.25, 0.3) is 10.9 Å². The van der Waals surface area contributed by atoms with Crippen molar-refractivity contribution in [2.45, 2.75) is 6.42 Å². The van der Waals surface area contributed by atoms with E-state index in [9.17, 15) is 0 Å². The van der Waals surface area contributed by atoms with E-state index in [4.69, 9.17) is 0 Å². The average molecular weight is 410 g/mol. The molecule has 0 amide bonds. The fraction of sp³-hybridized carbons (Fsp3) is 0.111. The molecule has 0 aliphatic heterocycles. The van der Waals surface area contributed by atoms with Crippen LogP contribution in [0.2, 0.25) is 0 Å². The summed E-state index contributed by atoms with van der Waals surface area (Å²) in [4.78, 5) is 13.2. The topological polar surface area (TPSA) is 91.4 Å². The zero-order chi connectivity index (χ0) is 17.8. The molecule has 4 aromatic rings. The van der Waals surface area contributed by atoms with E-state index >= 15 is 0 Å². The molecule has 0 radical (unpaired) electrons. The van der Waals surface area contributed by atoms with E-state index in [0.717, 1.165) is 45.5 Å². The molecule has 130 valence electrons. The van der Waals surface area contributed by atoms with Gasteiger partial charge in [-0.2, -0.15) is 10.1 Å².